The monoisotopic (exact) mass is 217 g/mol. The zero-order valence-electron chi connectivity index (χ0n) is 9.27. The van der Waals surface area contributed by atoms with Crippen LogP contribution < -0.4 is 5.32 Å². The molecule has 0 aliphatic heterocycles. The number of hydrogen-bond acceptors (Lipinski definition) is 4. The maximum atomic E-state index is 4.20. The molecule has 0 bridgehead atoms. The normalized spacial score (nSPS) is 10.6. The summed E-state index contributed by atoms with van der Waals surface area (Å²) >= 11 is 0. The van der Waals surface area contributed by atoms with E-state index in [0.717, 1.165) is 36.6 Å². The van der Waals surface area contributed by atoms with Crippen molar-refractivity contribution in [2.45, 2.75) is 19.9 Å². The first kappa shape index (κ1) is 10.8. The molecule has 0 amide bonds. The maximum absolute atomic E-state index is 4.20. The zero-order chi connectivity index (χ0) is 11.2. The fourth-order valence-corrected chi connectivity index (χ4v) is 1.41. The minimum atomic E-state index is 0.792. The average molecular weight is 217 g/mol. The second-order valence-corrected chi connectivity index (χ2v) is 3.55. The molecule has 2 heterocycles. The third kappa shape index (κ3) is 2.64. The molecule has 0 radical (unpaired) electrons. The van der Waals surface area contributed by atoms with Crippen LogP contribution >= 0.6 is 0 Å². The predicted molar refractivity (Wildman–Crippen MR) is 61.6 cm³/mol. The van der Waals surface area contributed by atoms with Crippen molar-refractivity contribution in [3.05, 3.63) is 30.4 Å². The van der Waals surface area contributed by atoms with E-state index >= 15 is 0 Å². The molecule has 2 N–H and O–H groups in total. The third-order valence-corrected chi connectivity index (χ3v) is 2.20. The van der Waals surface area contributed by atoms with E-state index in [4.69, 9.17) is 0 Å². The van der Waals surface area contributed by atoms with Crippen molar-refractivity contribution in [3.63, 3.8) is 0 Å². The predicted octanol–water partition coefficient (Wildman–Crippen LogP) is 1.37. The molecule has 0 aliphatic rings. The highest BCUT2D eigenvalue weighted by Gasteiger charge is 2.04. The van der Waals surface area contributed by atoms with Gasteiger partial charge in [0.15, 0.2) is 0 Å². The van der Waals surface area contributed by atoms with E-state index in [9.17, 15) is 0 Å². The van der Waals surface area contributed by atoms with Gasteiger partial charge in [-0.2, -0.15) is 5.10 Å². The van der Waals surface area contributed by atoms with Crippen LogP contribution in [0.3, 0.4) is 0 Å². The lowest BCUT2D eigenvalue weighted by Gasteiger charge is -1.98. The molecule has 2 aromatic rings. The summed E-state index contributed by atoms with van der Waals surface area (Å²) < 4.78 is 0. The molecule has 0 aromatic carbocycles. The summed E-state index contributed by atoms with van der Waals surface area (Å²) in [6.45, 7) is 3.96. The van der Waals surface area contributed by atoms with Crippen molar-refractivity contribution >= 4 is 0 Å². The van der Waals surface area contributed by atoms with E-state index in [1.807, 2.05) is 6.07 Å². The zero-order valence-corrected chi connectivity index (χ0v) is 9.27. The van der Waals surface area contributed by atoms with Gasteiger partial charge in [-0.25, -0.2) is 0 Å². The van der Waals surface area contributed by atoms with Gasteiger partial charge in [-0.3, -0.25) is 15.1 Å². The van der Waals surface area contributed by atoms with Gasteiger partial charge < -0.3 is 5.32 Å². The van der Waals surface area contributed by atoms with Gasteiger partial charge in [0.25, 0.3) is 0 Å². The smallest absolute Gasteiger partial charge is 0.112 e. The molecule has 5 heteroatoms. The Hall–Kier alpha value is -1.75. The number of rotatable bonds is 5. The van der Waals surface area contributed by atoms with Gasteiger partial charge in [-0.1, -0.05) is 6.92 Å². The quantitative estimate of drug-likeness (QED) is 0.742. The van der Waals surface area contributed by atoms with Gasteiger partial charge in [0.05, 0.1) is 6.20 Å². The van der Waals surface area contributed by atoms with Gasteiger partial charge in [-0.15, -0.1) is 0 Å². The number of H-pyrrole nitrogens is 1. The Morgan fingerprint density at radius 2 is 2.25 bits per heavy atom. The first-order valence-electron chi connectivity index (χ1n) is 5.41. The summed E-state index contributed by atoms with van der Waals surface area (Å²) in [4.78, 5) is 8.21. The largest absolute Gasteiger partial charge is 0.311 e. The van der Waals surface area contributed by atoms with Crippen molar-refractivity contribution in [1.82, 2.24) is 25.5 Å². The molecular formula is C11H15N5. The van der Waals surface area contributed by atoms with Crippen LogP contribution in [0, 0.1) is 0 Å². The van der Waals surface area contributed by atoms with E-state index in [1.165, 1.54) is 0 Å². The van der Waals surface area contributed by atoms with Crippen LogP contribution in [0.1, 0.15) is 19.0 Å². The van der Waals surface area contributed by atoms with Crippen LogP contribution in [0.4, 0.5) is 0 Å². The van der Waals surface area contributed by atoms with Crippen molar-refractivity contribution in [2.75, 3.05) is 6.54 Å². The van der Waals surface area contributed by atoms with E-state index < -0.39 is 0 Å². The Kier molecular flexibility index (Phi) is 3.61. The summed E-state index contributed by atoms with van der Waals surface area (Å²) in [5.74, 6) is 0. The van der Waals surface area contributed by atoms with E-state index in [0.29, 0.717) is 0 Å². The van der Waals surface area contributed by atoms with E-state index in [2.05, 4.69) is 32.4 Å². The Bertz CT molecular complexity index is 423. The summed E-state index contributed by atoms with van der Waals surface area (Å²) in [6, 6.07) is 1.99. The fraction of sp³-hybridized carbons (Fsp3) is 0.364. The van der Waals surface area contributed by atoms with Crippen molar-refractivity contribution < 1.29 is 0 Å². The molecule has 0 saturated heterocycles. The highest BCUT2D eigenvalue weighted by Crippen LogP contribution is 2.12. The van der Waals surface area contributed by atoms with Crippen LogP contribution in [0.2, 0.25) is 0 Å². The Morgan fingerprint density at radius 1 is 1.31 bits per heavy atom. The van der Waals surface area contributed by atoms with Crippen LogP contribution in [0.5, 0.6) is 0 Å². The van der Waals surface area contributed by atoms with Gasteiger partial charge in [0.1, 0.15) is 11.4 Å². The van der Waals surface area contributed by atoms with Crippen LogP contribution in [-0.4, -0.2) is 26.7 Å². The lowest BCUT2D eigenvalue weighted by Crippen LogP contribution is -2.13. The van der Waals surface area contributed by atoms with Crippen LogP contribution in [-0.2, 0) is 6.54 Å². The summed E-state index contributed by atoms with van der Waals surface area (Å²) in [5, 5.41) is 10.5. The molecule has 16 heavy (non-hydrogen) atoms. The van der Waals surface area contributed by atoms with Crippen molar-refractivity contribution in [3.8, 4) is 11.4 Å². The molecule has 5 nitrogen and oxygen atoms in total. The molecule has 0 saturated carbocycles. The van der Waals surface area contributed by atoms with Gasteiger partial charge in [0, 0.05) is 24.6 Å². The number of aromatic nitrogens is 4. The first-order chi connectivity index (χ1) is 7.90. The Labute approximate surface area is 94.3 Å². The first-order valence-corrected chi connectivity index (χ1v) is 5.41. The van der Waals surface area contributed by atoms with Gasteiger partial charge in [0.2, 0.25) is 0 Å². The fourth-order valence-electron chi connectivity index (χ4n) is 1.41. The number of hydrogen-bond donors (Lipinski definition) is 2. The van der Waals surface area contributed by atoms with Gasteiger partial charge in [-0.05, 0) is 19.0 Å². The summed E-state index contributed by atoms with van der Waals surface area (Å²) in [6.07, 6.45) is 6.16. The lowest BCUT2D eigenvalue weighted by atomic mass is 10.3. The van der Waals surface area contributed by atoms with E-state index in [1.54, 1.807) is 18.6 Å². The lowest BCUT2D eigenvalue weighted by molar-refractivity contribution is 0.662. The van der Waals surface area contributed by atoms with Crippen LogP contribution in [0.25, 0.3) is 11.4 Å². The highest BCUT2D eigenvalue weighted by atomic mass is 15.1. The second kappa shape index (κ2) is 5.37. The van der Waals surface area contributed by atoms with Crippen molar-refractivity contribution in [2.24, 2.45) is 0 Å². The minimum Gasteiger partial charge on any atom is -0.311 e. The van der Waals surface area contributed by atoms with Crippen molar-refractivity contribution in [1.29, 1.82) is 0 Å². The average Bonchev–Trinajstić information content (AvgIpc) is 2.79. The second-order valence-electron chi connectivity index (χ2n) is 3.55. The molecule has 2 aromatic heterocycles. The highest BCUT2D eigenvalue weighted by molar-refractivity contribution is 5.52. The molecule has 0 atom stereocenters. The molecular weight excluding hydrogens is 202 g/mol. The maximum Gasteiger partial charge on any atom is 0.112 e. The van der Waals surface area contributed by atoms with Crippen LogP contribution in [0.15, 0.2) is 24.7 Å². The third-order valence-electron chi connectivity index (χ3n) is 2.20. The Morgan fingerprint density at radius 3 is 3.00 bits per heavy atom. The number of aromatic amines is 1. The molecule has 0 aliphatic carbocycles. The summed E-state index contributed by atoms with van der Waals surface area (Å²) in [7, 11) is 0. The standard InChI is InChI=1S/C11H15N5/c1-2-3-12-7-9-6-10(16-15-9)11-8-13-4-5-14-11/h4-6,8,12H,2-3,7H2,1H3,(H,15,16). The minimum absolute atomic E-state index is 0.792. The number of nitrogens with zero attached hydrogens (tertiary/aromatic N) is 3. The van der Waals surface area contributed by atoms with E-state index in [-0.39, 0.29) is 0 Å². The molecule has 0 fully saturated rings. The SMILES string of the molecule is CCCNCc1cc(-c2cnccn2)n[nH]1. The Balaban J connectivity index is 2.02. The molecule has 0 unspecified atom stereocenters. The molecule has 84 valence electrons. The topological polar surface area (TPSA) is 66.5 Å². The summed E-state index contributed by atoms with van der Waals surface area (Å²) in [5.41, 5.74) is 2.69. The number of nitrogens with one attached hydrogen (secondary N) is 2. The molecule has 0 spiro atoms. The molecule has 2 rings (SSSR count). The van der Waals surface area contributed by atoms with Gasteiger partial charge >= 0.3 is 0 Å².